The Morgan fingerprint density at radius 1 is 0.929 bits per heavy atom. The van der Waals surface area contributed by atoms with Crippen LogP contribution < -0.4 is 10.0 Å². The van der Waals surface area contributed by atoms with Gasteiger partial charge < -0.3 is 5.32 Å². The Morgan fingerprint density at radius 2 is 1.57 bits per heavy atom. The highest BCUT2D eigenvalue weighted by Gasteiger charge is 2.15. The molecule has 0 aliphatic heterocycles. The molecular formula is C17H17Cl2N5O2S2. The second kappa shape index (κ2) is 9.25. The molecule has 1 aromatic carbocycles. The lowest BCUT2D eigenvalue weighted by atomic mass is 10.4. The lowest BCUT2D eigenvalue weighted by Crippen LogP contribution is -2.24. The topological polar surface area (TPSA) is 96.9 Å². The molecule has 0 saturated heterocycles. The van der Waals surface area contributed by atoms with Crippen molar-refractivity contribution in [3.8, 4) is 0 Å². The Balaban J connectivity index is 1.53. The third-order valence-electron chi connectivity index (χ3n) is 3.62. The van der Waals surface area contributed by atoms with Crippen LogP contribution in [-0.4, -0.2) is 23.4 Å². The van der Waals surface area contributed by atoms with E-state index < -0.39 is 10.0 Å². The van der Waals surface area contributed by atoms with Gasteiger partial charge in [-0.2, -0.15) is 0 Å². The number of rotatable bonds is 8. The monoisotopic (exact) mass is 457 g/mol. The second-order valence-corrected chi connectivity index (χ2v) is 9.84. The maximum absolute atomic E-state index is 12.4. The number of sulfonamides is 1. The maximum atomic E-state index is 12.4. The first kappa shape index (κ1) is 21.1. The van der Waals surface area contributed by atoms with E-state index in [0.717, 1.165) is 15.6 Å². The summed E-state index contributed by atoms with van der Waals surface area (Å²) in [6.07, 6.45) is 5.01. The fourth-order valence-electron chi connectivity index (χ4n) is 2.30. The summed E-state index contributed by atoms with van der Waals surface area (Å²) in [5.41, 5.74) is 1.26. The Morgan fingerprint density at radius 3 is 2.14 bits per heavy atom. The van der Waals surface area contributed by atoms with Crippen molar-refractivity contribution < 1.29 is 8.42 Å². The number of aromatic nitrogens is 3. The van der Waals surface area contributed by atoms with Crippen LogP contribution in [0.1, 0.15) is 21.3 Å². The van der Waals surface area contributed by atoms with Gasteiger partial charge in [-0.25, -0.2) is 18.1 Å². The minimum atomic E-state index is -3.76. The second-order valence-electron chi connectivity index (χ2n) is 5.88. The van der Waals surface area contributed by atoms with Crippen molar-refractivity contribution >= 4 is 44.6 Å². The van der Waals surface area contributed by atoms with Gasteiger partial charge in [-0.3, -0.25) is 9.97 Å². The highest BCUT2D eigenvalue weighted by atomic mass is 35.5. The molecule has 7 nitrogen and oxygen atoms in total. The number of nitrogens with zero attached hydrogens (tertiary/aromatic N) is 3. The van der Waals surface area contributed by atoms with Crippen molar-refractivity contribution in [2.45, 2.75) is 31.5 Å². The predicted octanol–water partition coefficient (Wildman–Crippen LogP) is 3.32. The Labute approximate surface area is 177 Å². The van der Waals surface area contributed by atoms with Gasteiger partial charge in [0.05, 0.1) is 40.2 Å². The molecule has 148 valence electrons. The van der Waals surface area contributed by atoms with Crippen molar-refractivity contribution in [1.29, 1.82) is 0 Å². The molecule has 0 fully saturated rings. The lowest BCUT2D eigenvalue weighted by molar-refractivity contribution is 0.580. The molecule has 0 atom stereocenters. The molecule has 28 heavy (non-hydrogen) atoms. The van der Waals surface area contributed by atoms with Crippen LogP contribution in [0.3, 0.4) is 0 Å². The average Bonchev–Trinajstić information content (AvgIpc) is 3.05. The molecule has 3 rings (SSSR count). The largest absolute Gasteiger partial charge is 0.306 e. The molecule has 2 aromatic heterocycles. The van der Waals surface area contributed by atoms with Crippen molar-refractivity contribution in [3.05, 3.63) is 68.1 Å². The first-order valence-corrected chi connectivity index (χ1v) is 11.2. The number of aryl methyl sites for hydroxylation is 1. The third-order valence-corrected chi connectivity index (χ3v) is 6.35. The molecule has 2 heterocycles. The fraction of sp³-hybridized carbons (Fsp3) is 0.235. The van der Waals surface area contributed by atoms with Crippen molar-refractivity contribution in [2.24, 2.45) is 0 Å². The van der Waals surface area contributed by atoms with Crippen LogP contribution >= 0.6 is 34.5 Å². The van der Waals surface area contributed by atoms with Crippen molar-refractivity contribution in [2.75, 3.05) is 0 Å². The minimum absolute atomic E-state index is 0.00270. The molecule has 0 radical (unpaired) electrons. The molecule has 0 amide bonds. The number of hydrogen-bond acceptors (Lipinski definition) is 7. The highest BCUT2D eigenvalue weighted by molar-refractivity contribution is 7.89. The summed E-state index contributed by atoms with van der Waals surface area (Å²) < 4.78 is 27.2. The van der Waals surface area contributed by atoms with E-state index in [1.165, 1.54) is 18.2 Å². The SMILES string of the molecule is Cc1ncc(CNCc2cnc(CNS(=O)(=O)c3cc(Cl)cc(Cl)c3)cn2)s1. The average molecular weight is 458 g/mol. The van der Waals surface area contributed by atoms with Gasteiger partial charge in [0.1, 0.15) is 0 Å². The van der Waals surface area contributed by atoms with Gasteiger partial charge in [0, 0.05) is 34.2 Å². The zero-order valence-electron chi connectivity index (χ0n) is 14.8. The number of benzene rings is 1. The fourth-order valence-corrected chi connectivity index (χ4v) is 4.79. The van der Waals surface area contributed by atoms with E-state index in [1.807, 2.05) is 13.1 Å². The summed E-state index contributed by atoms with van der Waals surface area (Å²) in [7, 11) is -3.76. The van der Waals surface area contributed by atoms with Crippen LogP contribution in [0.5, 0.6) is 0 Å². The van der Waals surface area contributed by atoms with E-state index in [-0.39, 0.29) is 21.5 Å². The molecule has 3 aromatic rings. The smallest absolute Gasteiger partial charge is 0.241 e. The van der Waals surface area contributed by atoms with Crippen LogP contribution in [0, 0.1) is 6.92 Å². The van der Waals surface area contributed by atoms with Crippen LogP contribution in [-0.2, 0) is 29.7 Å². The summed E-state index contributed by atoms with van der Waals surface area (Å²) in [6.45, 7) is 3.23. The Hall–Kier alpha value is -1.62. The van der Waals surface area contributed by atoms with Gasteiger partial charge in [0.25, 0.3) is 0 Å². The van der Waals surface area contributed by atoms with Gasteiger partial charge in [0.15, 0.2) is 0 Å². The summed E-state index contributed by atoms with van der Waals surface area (Å²) in [4.78, 5) is 13.9. The number of nitrogens with one attached hydrogen (secondary N) is 2. The zero-order valence-corrected chi connectivity index (χ0v) is 18.0. The van der Waals surface area contributed by atoms with E-state index in [4.69, 9.17) is 23.2 Å². The van der Waals surface area contributed by atoms with Gasteiger partial charge in [-0.05, 0) is 25.1 Å². The molecule has 0 aliphatic carbocycles. The first-order valence-electron chi connectivity index (χ1n) is 8.19. The minimum Gasteiger partial charge on any atom is -0.306 e. The maximum Gasteiger partial charge on any atom is 0.241 e. The standard InChI is InChI=1S/C17H17Cl2N5O2S2/c1-11-21-10-16(27-11)9-20-5-14-6-23-15(7-22-14)8-24-28(25,26)17-3-12(18)2-13(19)4-17/h2-4,6-7,10,20,24H,5,8-9H2,1H3. The third kappa shape index (κ3) is 5.94. The molecule has 11 heteroatoms. The quantitative estimate of drug-likeness (QED) is 0.538. The predicted molar refractivity (Wildman–Crippen MR) is 110 cm³/mol. The van der Waals surface area contributed by atoms with Gasteiger partial charge >= 0.3 is 0 Å². The normalized spacial score (nSPS) is 11.7. The van der Waals surface area contributed by atoms with E-state index >= 15 is 0 Å². The van der Waals surface area contributed by atoms with Gasteiger partial charge in [-0.15, -0.1) is 11.3 Å². The van der Waals surface area contributed by atoms with E-state index in [1.54, 1.807) is 23.7 Å². The first-order chi connectivity index (χ1) is 13.3. The van der Waals surface area contributed by atoms with Crippen molar-refractivity contribution in [3.63, 3.8) is 0 Å². The lowest BCUT2D eigenvalue weighted by Gasteiger charge is -2.08. The molecular weight excluding hydrogens is 441 g/mol. The van der Waals surface area contributed by atoms with E-state index in [9.17, 15) is 8.42 Å². The Kier molecular flexibility index (Phi) is 6.97. The molecule has 0 unspecified atom stereocenters. The van der Waals surface area contributed by atoms with Crippen molar-refractivity contribution in [1.82, 2.24) is 25.0 Å². The Bertz CT molecular complexity index is 1040. The van der Waals surface area contributed by atoms with Crippen LogP contribution in [0.4, 0.5) is 0 Å². The van der Waals surface area contributed by atoms with Crippen LogP contribution in [0.25, 0.3) is 0 Å². The molecule has 2 N–H and O–H groups in total. The summed E-state index contributed by atoms with van der Waals surface area (Å²) in [5.74, 6) is 0. The van der Waals surface area contributed by atoms with Crippen LogP contribution in [0.2, 0.25) is 10.0 Å². The van der Waals surface area contributed by atoms with E-state index in [2.05, 4.69) is 25.0 Å². The highest BCUT2D eigenvalue weighted by Crippen LogP contribution is 2.22. The van der Waals surface area contributed by atoms with Crippen LogP contribution in [0.15, 0.2) is 41.7 Å². The molecule has 0 spiro atoms. The molecule has 0 saturated carbocycles. The molecule has 0 aliphatic rings. The zero-order chi connectivity index (χ0) is 20.1. The summed E-state index contributed by atoms with van der Waals surface area (Å²) in [5, 5.41) is 4.80. The summed E-state index contributed by atoms with van der Waals surface area (Å²) in [6, 6.07) is 4.14. The summed E-state index contributed by atoms with van der Waals surface area (Å²) >= 11 is 13.4. The molecule has 0 bridgehead atoms. The number of halogens is 2. The number of thiazole rings is 1. The van der Waals surface area contributed by atoms with Gasteiger partial charge in [-0.1, -0.05) is 23.2 Å². The number of hydrogen-bond donors (Lipinski definition) is 2. The van der Waals surface area contributed by atoms with Gasteiger partial charge in [0.2, 0.25) is 10.0 Å². The van der Waals surface area contributed by atoms with E-state index in [0.29, 0.717) is 18.8 Å².